The summed E-state index contributed by atoms with van der Waals surface area (Å²) in [4.78, 5) is 14.8. The number of fused-ring (bicyclic) bond motifs is 1. The van der Waals surface area contributed by atoms with E-state index >= 15 is 0 Å². The Kier molecular flexibility index (Phi) is 5.83. The van der Waals surface area contributed by atoms with E-state index in [1.165, 1.54) is 6.20 Å². The van der Waals surface area contributed by atoms with Crippen LogP contribution in [-0.2, 0) is 0 Å². The van der Waals surface area contributed by atoms with Crippen molar-refractivity contribution in [3.05, 3.63) is 46.1 Å². The molecule has 1 aromatic carbocycles. The second-order valence-corrected chi connectivity index (χ2v) is 9.02. The summed E-state index contributed by atoms with van der Waals surface area (Å²) >= 11 is 3.35. The summed E-state index contributed by atoms with van der Waals surface area (Å²) in [6, 6.07) is 4.94. The van der Waals surface area contributed by atoms with Gasteiger partial charge in [-0.1, -0.05) is 47.3 Å². The van der Waals surface area contributed by atoms with Crippen LogP contribution in [0.4, 0.5) is 19.0 Å². The molecule has 1 aliphatic heterocycles. The topological polar surface area (TPSA) is 50.2 Å². The van der Waals surface area contributed by atoms with Gasteiger partial charge in [0.25, 0.3) is 5.91 Å². The number of nitrogens with zero attached hydrogens (tertiary/aromatic N) is 3. The molecule has 2 atom stereocenters. The molecule has 5 nitrogen and oxygen atoms in total. The van der Waals surface area contributed by atoms with Gasteiger partial charge in [-0.2, -0.15) is 18.3 Å². The number of nitrogens with one attached hydrogen (secondary N) is 1. The van der Waals surface area contributed by atoms with Crippen LogP contribution < -0.4 is 5.32 Å². The molecule has 1 aliphatic carbocycles. The minimum absolute atomic E-state index is 0.117. The Balaban J connectivity index is 1.67. The number of carbonyl (C=O) groups is 1. The maximum absolute atomic E-state index is 13.8. The molecule has 2 aliphatic rings. The van der Waals surface area contributed by atoms with Crippen molar-refractivity contribution in [3.8, 4) is 0 Å². The molecule has 9 heteroatoms. The standard InChI is InChI=1S/C21H24BrF3N4O/c1-28(15-5-3-2-4-6-15)20(30)16-12-26-29-18(21(23,24)25)11-17(27-19(16)29)13-7-9-14(22)10-8-13/h7-10,12,15,17-18,27H,2-6,11H2,1H3/t17-,18-/m1/s1. The van der Waals surface area contributed by atoms with Gasteiger partial charge in [-0.3, -0.25) is 4.79 Å². The van der Waals surface area contributed by atoms with Gasteiger partial charge < -0.3 is 10.2 Å². The molecule has 0 spiro atoms. The van der Waals surface area contributed by atoms with E-state index in [1.807, 2.05) is 0 Å². The second-order valence-electron chi connectivity index (χ2n) is 8.10. The monoisotopic (exact) mass is 484 g/mol. The van der Waals surface area contributed by atoms with Crippen LogP contribution in [0.3, 0.4) is 0 Å². The van der Waals surface area contributed by atoms with Crippen LogP contribution in [-0.4, -0.2) is 39.9 Å². The van der Waals surface area contributed by atoms with E-state index in [4.69, 9.17) is 0 Å². The summed E-state index contributed by atoms with van der Waals surface area (Å²) in [5.41, 5.74) is 0.929. The normalized spacial score (nSPS) is 22.3. The van der Waals surface area contributed by atoms with E-state index in [-0.39, 0.29) is 29.8 Å². The lowest BCUT2D eigenvalue weighted by atomic mass is 9.94. The first kappa shape index (κ1) is 21.2. The molecule has 0 unspecified atom stereocenters. The Hall–Kier alpha value is -2.03. The number of alkyl halides is 3. The number of anilines is 1. The van der Waals surface area contributed by atoms with Crippen LogP contribution in [0, 0.1) is 0 Å². The maximum atomic E-state index is 13.8. The van der Waals surface area contributed by atoms with Crippen molar-refractivity contribution in [2.45, 2.75) is 62.8 Å². The Labute approximate surface area is 181 Å². The van der Waals surface area contributed by atoms with Gasteiger partial charge in [0, 0.05) is 24.0 Å². The third-order valence-electron chi connectivity index (χ3n) is 6.18. The summed E-state index contributed by atoms with van der Waals surface area (Å²) in [7, 11) is 1.73. The van der Waals surface area contributed by atoms with Gasteiger partial charge in [-0.25, -0.2) is 4.68 Å². The van der Waals surface area contributed by atoms with Crippen molar-refractivity contribution in [3.63, 3.8) is 0 Å². The average molecular weight is 485 g/mol. The molecule has 1 fully saturated rings. The third kappa shape index (κ3) is 4.08. The molecule has 162 valence electrons. The van der Waals surface area contributed by atoms with Gasteiger partial charge in [0.05, 0.1) is 12.2 Å². The summed E-state index contributed by atoms with van der Waals surface area (Å²) < 4.78 is 43.3. The minimum Gasteiger partial charge on any atom is -0.363 e. The predicted molar refractivity (Wildman–Crippen MR) is 111 cm³/mol. The van der Waals surface area contributed by atoms with Crippen LogP contribution in [0.1, 0.15) is 66.5 Å². The molecule has 1 saturated carbocycles. The van der Waals surface area contributed by atoms with Crippen molar-refractivity contribution >= 4 is 27.7 Å². The summed E-state index contributed by atoms with van der Waals surface area (Å²) in [6.07, 6.45) is 1.75. The SMILES string of the molecule is CN(C(=O)c1cnn2c1N[C@@H](c1ccc(Br)cc1)C[C@@H]2C(F)(F)F)C1CCCCC1. The Morgan fingerprint density at radius 1 is 1.20 bits per heavy atom. The fraction of sp³-hybridized carbons (Fsp3) is 0.524. The number of hydrogen-bond donors (Lipinski definition) is 1. The summed E-state index contributed by atoms with van der Waals surface area (Å²) in [5, 5.41) is 7.13. The molecule has 2 aromatic rings. The zero-order chi connectivity index (χ0) is 21.5. The van der Waals surface area contributed by atoms with Gasteiger partial charge in [0.2, 0.25) is 0 Å². The molecule has 0 saturated heterocycles. The Bertz CT molecular complexity index is 906. The molecule has 1 aromatic heterocycles. The highest BCUT2D eigenvalue weighted by Crippen LogP contribution is 2.44. The molecule has 1 N–H and O–H groups in total. The van der Waals surface area contributed by atoms with Gasteiger partial charge in [0.15, 0.2) is 6.04 Å². The smallest absolute Gasteiger partial charge is 0.363 e. The molecule has 30 heavy (non-hydrogen) atoms. The van der Waals surface area contributed by atoms with E-state index in [2.05, 4.69) is 26.3 Å². The summed E-state index contributed by atoms with van der Waals surface area (Å²) in [6.45, 7) is 0. The van der Waals surface area contributed by atoms with Crippen molar-refractivity contribution in [2.24, 2.45) is 0 Å². The molecule has 2 heterocycles. The third-order valence-corrected chi connectivity index (χ3v) is 6.71. The largest absolute Gasteiger partial charge is 0.410 e. The quantitative estimate of drug-likeness (QED) is 0.606. The number of aromatic nitrogens is 2. The van der Waals surface area contributed by atoms with Gasteiger partial charge >= 0.3 is 6.18 Å². The van der Waals surface area contributed by atoms with Crippen LogP contribution in [0.5, 0.6) is 0 Å². The number of amides is 1. The summed E-state index contributed by atoms with van der Waals surface area (Å²) in [5.74, 6) is -0.141. The minimum atomic E-state index is -4.47. The molecular formula is C21H24BrF3N4O. The van der Waals surface area contributed by atoms with E-state index in [0.717, 1.165) is 46.8 Å². The van der Waals surface area contributed by atoms with Crippen LogP contribution in [0.15, 0.2) is 34.9 Å². The predicted octanol–water partition coefficient (Wildman–Crippen LogP) is 5.71. The lowest BCUT2D eigenvalue weighted by Gasteiger charge is -2.35. The number of halogens is 4. The van der Waals surface area contributed by atoms with E-state index in [0.29, 0.717) is 0 Å². The van der Waals surface area contributed by atoms with Gasteiger partial charge in [-0.05, 0) is 30.5 Å². The zero-order valence-corrected chi connectivity index (χ0v) is 18.2. The van der Waals surface area contributed by atoms with Crippen molar-refractivity contribution in [2.75, 3.05) is 12.4 Å². The van der Waals surface area contributed by atoms with E-state index < -0.39 is 18.3 Å². The number of carbonyl (C=O) groups excluding carboxylic acids is 1. The number of benzene rings is 1. The lowest BCUT2D eigenvalue weighted by molar-refractivity contribution is -0.173. The first-order valence-corrected chi connectivity index (χ1v) is 11.0. The van der Waals surface area contributed by atoms with Crippen LogP contribution in [0.2, 0.25) is 0 Å². The molecule has 0 radical (unpaired) electrons. The number of hydrogen-bond acceptors (Lipinski definition) is 3. The van der Waals surface area contributed by atoms with Crippen molar-refractivity contribution < 1.29 is 18.0 Å². The fourth-order valence-corrected chi connectivity index (χ4v) is 4.72. The van der Waals surface area contributed by atoms with E-state index in [9.17, 15) is 18.0 Å². The highest BCUT2D eigenvalue weighted by atomic mass is 79.9. The van der Waals surface area contributed by atoms with Gasteiger partial charge in [-0.15, -0.1) is 0 Å². The second kappa shape index (κ2) is 8.24. The highest BCUT2D eigenvalue weighted by Gasteiger charge is 2.47. The first-order chi connectivity index (χ1) is 14.3. The molecule has 0 bridgehead atoms. The molecule has 4 rings (SSSR count). The zero-order valence-electron chi connectivity index (χ0n) is 16.6. The highest BCUT2D eigenvalue weighted by molar-refractivity contribution is 9.10. The van der Waals surface area contributed by atoms with Gasteiger partial charge in [0.1, 0.15) is 11.4 Å². The van der Waals surface area contributed by atoms with Crippen LogP contribution >= 0.6 is 15.9 Å². The van der Waals surface area contributed by atoms with E-state index in [1.54, 1.807) is 36.2 Å². The first-order valence-electron chi connectivity index (χ1n) is 10.2. The maximum Gasteiger partial charge on any atom is 0.410 e. The van der Waals surface area contributed by atoms with Crippen LogP contribution in [0.25, 0.3) is 0 Å². The molecule has 1 amide bonds. The Morgan fingerprint density at radius 3 is 2.50 bits per heavy atom. The lowest BCUT2D eigenvalue weighted by Crippen LogP contribution is -2.39. The van der Waals surface area contributed by atoms with Crippen molar-refractivity contribution in [1.29, 1.82) is 0 Å². The molecular weight excluding hydrogens is 461 g/mol. The van der Waals surface area contributed by atoms with Crippen molar-refractivity contribution in [1.82, 2.24) is 14.7 Å². The fourth-order valence-electron chi connectivity index (χ4n) is 4.46. The Morgan fingerprint density at radius 2 is 1.87 bits per heavy atom. The average Bonchev–Trinajstić information content (AvgIpc) is 3.16. The number of rotatable bonds is 3.